The maximum Gasteiger partial charge on any atom is 0.362 e. The topological polar surface area (TPSA) is 120 Å². The van der Waals surface area contributed by atoms with Crippen LogP contribution in [0.2, 0.25) is 0 Å². The highest BCUT2D eigenvalue weighted by atomic mass is 127. The summed E-state index contributed by atoms with van der Waals surface area (Å²) in [7, 11) is 0. The Hall–Kier alpha value is -2.19. The van der Waals surface area contributed by atoms with E-state index in [1.165, 1.54) is 0 Å². The average Bonchev–Trinajstić information content (AvgIpc) is 2.75. The van der Waals surface area contributed by atoms with Crippen molar-refractivity contribution in [2.45, 2.75) is 13.5 Å². The minimum atomic E-state index is -2.37. The van der Waals surface area contributed by atoms with Crippen molar-refractivity contribution in [3.05, 3.63) is 84.5 Å². The lowest BCUT2D eigenvalue weighted by molar-refractivity contribution is 0.0993. The second-order valence-electron chi connectivity index (χ2n) is 6.60. The Kier molecular flexibility index (Phi) is 8.87. The van der Waals surface area contributed by atoms with Gasteiger partial charge in [0.25, 0.3) is 0 Å². The second-order valence-corrected chi connectivity index (χ2v) is 9.77. The molecule has 3 aromatic rings. The number of hydrogen-bond acceptors (Lipinski definition) is 5. The van der Waals surface area contributed by atoms with Crippen molar-refractivity contribution in [3.8, 4) is 0 Å². The Morgan fingerprint density at radius 3 is 2.34 bits per heavy atom. The molecule has 0 aliphatic carbocycles. The minimum Gasteiger partial charge on any atom is -0.755 e. The molecule has 32 heavy (non-hydrogen) atoms. The molecular formula is C21H17I2N5O3S. The summed E-state index contributed by atoms with van der Waals surface area (Å²) in [6, 6.07) is 18.1. The Labute approximate surface area is 214 Å². The largest absolute Gasteiger partial charge is 0.755 e. The van der Waals surface area contributed by atoms with Gasteiger partial charge in [0.15, 0.2) is 0 Å². The smallest absolute Gasteiger partial charge is 0.362 e. The van der Waals surface area contributed by atoms with Crippen LogP contribution in [-0.2, 0) is 17.8 Å². The molecule has 164 valence electrons. The molecule has 0 saturated carbocycles. The van der Waals surface area contributed by atoms with Gasteiger partial charge in [0.05, 0.1) is 11.3 Å². The molecule has 3 aromatic carbocycles. The van der Waals surface area contributed by atoms with Crippen LogP contribution in [-0.4, -0.2) is 14.7 Å². The van der Waals surface area contributed by atoms with Crippen LogP contribution >= 0.6 is 45.2 Å². The summed E-state index contributed by atoms with van der Waals surface area (Å²) in [5.41, 5.74) is 4.24. The molecule has 1 atom stereocenters. The van der Waals surface area contributed by atoms with Gasteiger partial charge in [0.1, 0.15) is 11.7 Å². The zero-order chi connectivity index (χ0) is 23.1. The highest BCUT2D eigenvalue weighted by Gasteiger charge is 2.16. The molecule has 3 rings (SSSR count). The summed E-state index contributed by atoms with van der Waals surface area (Å²) in [5, 5.41) is 11.0. The van der Waals surface area contributed by atoms with E-state index in [2.05, 4.69) is 76.4 Å². The van der Waals surface area contributed by atoms with E-state index in [1.807, 2.05) is 31.2 Å². The number of nitrogens with one attached hydrogen (secondary N) is 2. The van der Waals surface area contributed by atoms with Gasteiger partial charge >= 0.3 is 5.91 Å². The average molecular weight is 673 g/mol. The molecule has 0 aliphatic rings. The summed E-state index contributed by atoms with van der Waals surface area (Å²) in [4.78, 5) is 16.3. The van der Waals surface area contributed by atoms with Crippen LogP contribution in [0.5, 0.6) is 0 Å². The van der Waals surface area contributed by atoms with Crippen LogP contribution in [0.3, 0.4) is 0 Å². The Morgan fingerprint density at radius 1 is 1.03 bits per heavy atom. The van der Waals surface area contributed by atoms with E-state index in [0.29, 0.717) is 16.9 Å². The van der Waals surface area contributed by atoms with Gasteiger partial charge in [0, 0.05) is 29.8 Å². The van der Waals surface area contributed by atoms with Gasteiger partial charge in [-0.15, -0.1) is 0 Å². The molecule has 0 radical (unpaired) electrons. The van der Waals surface area contributed by atoms with Crippen LogP contribution in [0.4, 0.5) is 17.1 Å². The maximum atomic E-state index is 12.7. The summed E-state index contributed by atoms with van der Waals surface area (Å²) in [5.74, 6) is -0.504. The maximum absolute atomic E-state index is 12.7. The van der Waals surface area contributed by atoms with E-state index >= 15 is 0 Å². The first-order chi connectivity index (χ1) is 15.3. The third kappa shape index (κ3) is 7.17. The fourth-order valence-electron chi connectivity index (χ4n) is 2.73. The summed E-state index contributed by atoms with van der Waals surface area (Å²) < 4.78 is 25.5. The van der Waals surface area contributed by atoms with E-state index in [4.69, 9.17) is 0 Å². The van der Waals surface area contributed by atoms with Crippen LogP contribution in [0, 0.1) is 14.1 Å². The lowest BCUT2D eigenvalue weighted by Crippen LogP contribution is -2.03. The zero-order valence-corrected chi connectivity index (χ0v) is 21.8. The number of halogens is 2. The van der Waals surface area contributed by atoms with Crippen molar-refractivity contribution in [2.24, 2.45) is 10.2 Å². The highest BCUT2D eigenvalue weighted by molar-refractivity contribution is 14.1. The number of rotatable bonds is 7. The molecular weight excluding hydrogens is 656 g/mol. The Bertz CT molecular complexity index is 1230. The molecule has 1 amide bonds. The van der Waals surface area contributed by atoms with Crippen molar-refractivity contribution < 1.29 is 13.6 Å². The number of hydrogen-bond donors (Lipinski definition) is 2. The molecule has 0 fully saturated rings. The molecule has 2 N–H and O–H groups in total. The summed E-state index contributed by atoms with van der Waals surface area (Å²) >= 11 is 2.02. The van der Waals surface area contributed by atoms with E-state index in [9.17, 15) is 13.6 Å². The fraction of sp³-hybridized carbons (Fsp3) is 0.0952. The minimum absolute atomic E-state index is 0.205. The quantitative estimate of drug-likeness (QED) is 0.150. The molecule has 0 heterocycles. The monoisotopic (exact) mass is 673 g/mol. The predicted octanol–water partition coefficient (Wildman–Crippen LogP) is 5.47. The number of amides is 1. The van der Waals surface area contributed by atoms with Gasteiger partial charge in [0.2, 0.25) is 10.0 Å². The van der Waals surface area contributed by atoms with Gasteiger partial charge in [-0.2, -0.15) is 0 Å². The highest BCUT2D eigenvalue weighted by Crippen LogP contribution is 2.26. The van der Waals surface area contributed by atoms with Gasteiger partial charge in [-0.3, -0.25) is 9.00 Å². The molecule has 0 aromatic heterocycles. The van der Waals surface area contributed by atoms with Crippen LogP contribution < -0.4 is 15.0 Å². The van der Waals surface area contributed by atoms with E-state index < -0.39 is 17.2 Å². The van der Waals surface area contributed by atoms with Crippen molar-refractivity contribution in [1.82, 2.24) is 4.91 Å². The van der Waals surface area contributed by atoms with Crippen molar-refractivity contribution >= 4 is 79.4 Å². The first kappa shape index (κ1) is 24.5. The third-order valence-electron chi connectivity index (χ3n) is 4.28. The first-order valence-electron chi connectivity index (χ1n) is 9.21. The molecule has 0 bridgehead atoms. The molecule has 8 nitrogen and oxygen atoms in total. The number of aryl methyl sites for hydroxylation is 1. The normalized spacial score (nSPS) is 11.2. The third-order valence-corrected chi connectivity index (χ3v) is 6.02. The number of anilines is 3. The summed E-state index contributed by atoms with van der Waals surface area (Å²) in [6.07, 6.45) is 0. The van der Waals surface area contributed by atoms with Gasteiger partial charge in [-0.25, -0.2) is 0 Å². The Morgan fingerprint density at radius 2 is 1.69 bits per heavy atom. The number of carbonyl (C=O) groups is 1. The molecule has 0 aliphatic heterocycles. The number of nitrogens with zero attached hydrogens (tertiary/aromatic N) is 3. The van der Waals surface area contributed by atoms with Gasteiger partial charge < -0.3 is 14.6 Å². The van der Waals surface area contributed by atoms with Gasteiger partial charge in [-0.05, 0) is 112 Å². The SMILES string of the molecule is Cc1cc(I)ccc1Nc1ccc(I)cc1C(=O)N=[N+]=NCc1ccc(NS(=O)[O-])cc1. The number of benzene rings is 3. The Balaban J connectivity index is 1.73. The van der Waals surface area contributed by atoms with E-state index in [-0.39, 0.29) is 6.54 Å². The first-order valence-corrected chi connectivity index (χ1v) is 12.4. The lowest BCUT2D eigenvalue weighted by atomic mass is 10.1. The molecule has 11 heteroatoms. The van der Waals surface area contributed by atoms with E-state index in [1.54, 1.807) is 30.3 Å². The predicted molar refractivity (Wildman–Crippen MR) is 140 cm³/mol. The number of carbonyl (C=O) groups excluding carboxylic acids is 1. The molecule has 1 unspecified atom stereocenters. The standard InChI is InChI=1S/C21H17I2N5O3S/c1-13-10-15(22)4-8-19(13)25-20-9-5-16(23)11-18(20)21(29)26-28-24-12-14-2-6-17(7-3-14)27-32(30)31/h2-11,27H,12H2,1H3,(H-,25,29,30,31). The van der Waals surface area contributed by atoms with Crippen LogP contribution in [0.25, 0.3) is 0 Å². The second kappa shape index (κ2) is 11.6. The molecule has 0 saturated heterocycles. The van der Waals surface area contributed by atoms with Crippen LogP contribution in [0.1, 0.15) is 21.5 Å². The van der Waals surface area contributed by atoms with Crippen molar-refractivity contribution in [1.29, 1.82) is 0 Å². The van der Waals surface area contributed by atoms with Crippen LogP contribution in [0.15, 0.2) is 70.9 Å². The van der Waals surface area contributed by atoms with E-state index in [0.717, 1.165) is 24.0 Å². The van der Waals surface area contributed by atoms with Crippen molar-refractivity contribution in [3.63, 3.8) is 0 Å². The molecule has 0 spiro atoms. The summed E-state index contributed by atoms with van der Waals surface area (Å²) in [6.45, 7) is 2.21. The lowest BCUT2D eigenvalue weighted by Gasteiger charge is -2.12. The zero-order valence-electron chi connectivity index (χ0n) is 16.7. The van der Waals surface area contributed by atoms with Crippen molar-refractivity contribution in [2.75, 3.05) is 10.0 Å². The fourth-order valence-corrected chi connectivity index (χ4v) is 4.20. The van der Waals surface area contributed by atoms with Gasteiger partial charge in [-0.1, -0.05) is 12.1 Å².